The summed E-state index contributed by atoms with van der Waals surface area (Å²) in [6.07, 6.45) is 1.02. The van der Waals surface area contributed by atoms with Gasteiger partial charge in [0.05, 0.1) is 17.6 Å². The number of likely N-dealkylation sites (N-methyl/N-ethyl adjacent to an activating group) is 1. The highest BCUT2D eigenvalue weighted by Gasteiger charge is 2.26. The van der Waals surface area contributed by atoms with Crippen molar-refractivity contribution in [3.8, 4) is 5.75 Å². The summed E-state index contributed by atoms with van der Waals surface area (Å²) in [5, 5.41) is 8.94. The number of sulfone groups is 1. The molecule has 0 aliphatic heterocycles. The first-order valence-corrected chi connectivity index (χ1v) is 7.86. The summed E-state index contributed by atoms with van der Waals surface area (Å²) in [5.41, 5.74) is -0.00368. The Bertz CT molecular complexity index is 667. The van der Waals surface area contributed by atoms with Crippen LogP contribution >= 0.6 is 0 Å². The summed E-state index contributed by atoms with van der Waals surface area (Å²) < 4.78 is 28.2. The van der Waals surface area contributed by atoms with Crippen LogP contribution in [0.4, 0.5) is 0 Å². The first-order chi connectivity index (χ1) is 9.59. The third-order valence-electron chi connectivity index (χ3n) is 3.09. The van der Waals surface area contributed by atoms with E-state index in [1.54, 1.807) is 0 Å². The van der Waals surface area contributed by atoms with Gasteiger partial charge in [-0.1, -0.05) is 0 Å². The fourth-order valence-corrected chi connectivity index (χ4v) is 2.26. The molecule has 1 rings (SSSR count). The van der Waals surface area contributed by atoms with Crippen LogP contribution in [0.1, 0.15) is 17.3 Å². The van der Waals surface area contributed by atoms with Gasteiger partial charge < -0.3 is 14.7 Å². The van der Waals surface area contributed by atoms with Gasteiger partial charge in [0.2, 0.25) is 0 Å². The molecule has 0 aliphatic carbocycles. The number of carbonyl (C=O) groups excluding carboxylic acids is 1. The fourth-order valence-electron chi connectivity index (χ4n) is 1.62. The molecular formula is C13H17NO6S. The van der Waals surface area contributed by atoms with E-state index in [-0.39, 0.29) is 16.2 Å². The van der Waals surface area contributed by atoms with E-state index >= 15 is 0 Å². The number of benzene rings is 1. The van der Waals surface area contributed by atoms with Crippen molar-refractivity contribution in [3.05, 3.63) is 23.8 Å². The van der Waals surface area contributed by atoms with E-state index in [9.17, 15) is 18.0 Å². The number of hydrogen-bond donors (Lipinski definition) is 1. The quantitative estimate of drug-likeness (QED) is 0.856. The molecule has 7 nitrogen and oxygen atoms in total. The van der Waals surface area contributed by atoms with E-state index in [4.69, 9.17) is 9.84 Å². The molecule has 1 unspecified atom stereocenters. The van der Waals surface area contributed by atoms with E-state index in [0.717, 1.165) is 11.2 Å². The van der Waals surface area contributed by atoms with Gasteiger partial charge in [-0.25, -0.2) is 13.2 Å². The van der Waals surface area contributed by atoms with E-state index in [1.165, 1.54) is 39.3 Å². The summed E-state index contributed by atoms with van der Waals surface area (Å²) >= 11 is 0. The van der Waals surface area contributed by atoms with Crippen LogP contribution in [0.15, 0.2) is 23.1 Å². The van der Waals surface area contributed by atoms with E-state index in [1.807, 2.05) is 0 Å². The van der Waals surface area contributed by atoms with Gasteiger partial charge in [0.15, 0.2) is 9.84 Å². The van der Waals surface area contributed by atoms with Gasteiger partial charge in [-0.2, -0.15) is 0 Å². The van der Waals surface area contributed by atoms with Gasteiger partial charge in [0.1, 0.15) is 11.8 Å². The minimum absolute atomic E-state index is 0.00368. The van der Waals surface area contributed by atoms with Crippen molar-refractivity contribution >= 4 is 21.7 Å². The normalized spacial score (nSPS) is 12.6. The molecule has 0 bridgehead atoms. The van der Waals surface area contributed by atoms with Crippen LogP contribution in [0.2, 0.25) is 0 Å². The third-order valence-corrected chi connectivity index (χ3v) is 4.20. The standard InChI is InChI=1S/C13H17NO6S/c1-8(13(16)17)14(2)12(15)10-7-9(21(4,18)19)5-6-11(10)20-3/h5-8H,1-4H3,(H,16,17). The number of hydrogen-bond acceptors (Lipinski definition) is 5. The highest BCUT2D eigenvalue weighted by Crippen LogP contribution is 2.24. The number of carboxylic acid groups (broad SMARTS) is 1. The Labute approximate surface area is 123 Å². The second kappa shape index (κ2) is 6.13. The highest BCUT2D eigenvalue weighted by molar-refractivity contribution is 7.90. The summed E-state index contributed by atoms with van der Waals surface area (Å²) in [5.74, 6) is -1.62. The molecule has 8 heteroatoms. The zero-order chi connectivity index (χ0) is 16.4. The van der Waals surface area contributed by atoms with Crippen molar-refractivity contribution in [1.29, 1.82) is 0 Å². The highest BCUT2D eigenvalue weighted by atomic mass is 32.2. The maximum absolute atomic E-state index is 12.3. The molecule has 0 spiro atoms. The van der Waals surface area contributed by atoms with Crippen molar-refractivity contribution < 1.29 is 27.9 Å². The zero-order valence-corrected chi connectivity index (χ0v) is 13.0. The van der Waals surface area contributed by atoms with Gasteiger partial charge in [-0.15, -0.1) is 0 Å². The first kappa shape index (κ1) is 17.0. The number of nitrogens with zero attached hydrogens (tertiary/aromatic N) is 1. The molecule has 0 radical (unpaired) electrons. The van der Waals surface area contributed by atoms with Crippen LogP contribution in [0.25, 0.3) is 0 Å². The first-order valence-electron chi connectivity index (χ1n) is 5.97. The van der Waals surface area contributed by atoms with Gasteiger partial charge >= 0.3 is 5.97 Å². The van der Waals surface area contributed by atoms with E-state index in [0.29, 0.717) is 0 Å². The lowest BCUT2D eigenvalue weighted by molar-refractivity contribution is -0.141. The monoisotopic (exact) mass is 315 g/mol. The SMILES string of the molecule is COc1ccc(S(C)(=O)=O)cc1C(=O)N(C)C(C)C(=O)O. The van der Waals surface area contributed by atoms with Gasteiger partial charge in [0, 0.05) is 13.3 Å². The van der Waals surface area contributed by atoms with Crippen LogP contribution in [-0.4, -0.2) is 56.8 Å². The molecule has 0 aromatic heterocycles. The summed E-state index contributed by atoms with van der Waals surface area (Å²) in [6.45, 7) is 1.35. The largest absolute Gasteiger partial charge is 0.496 e. The minimum Gasteiger partial charge on any atom is -0.496 e. The lowest BCUT2D eigenvalue weighted by Gasteiger charge is -2.22. The van der Waals surface area contributed by atoms with Crippen LogP contribution in [-0.2, 0) is 14.6 Å². The molecular weight excluding hydrogens is 298 g/mol. The molecule has 21 heavy (non-hydrogen) atoms. The average Bonchev–Trinajstić information content (AvgIpc) is 2.42. The molecule has 0 saturated carbocycles. The van der Waals surface area contributed by atoms with Gasteiger partial charge in [0.25, 0.3) is 5.91 Å². The molecule has 1 aromatic carbocycles. The summed E-state index contributed by atoms with van der Waals surface area (Å²) in [6, 6.07) is 2.82. The molecule has 1 aromatic rings. The Morgan fingerprint density at radius 2 is 1.90 bits per heavy atom. The Morgan fingerprint density at radius 3 is 2.33 bits per heavy atom. The minimum atomic E-state index is -3.49. The molecule has 0 aliphatic rings. The fraction of sp³-hybridized carbons (Fsp3) is 0.385. The van der Waals surface area contributed by atoms with Crippen LogP contribution < -0.4 is 4.74 Å². The van der Waals surface area contributed by atoms with Crippen molar-refractivity contribution in [2.24, 2.45) is 0 Å². The molecule has 1 N–H and O–H groups in total. The Morgan fingerprint density at radius 1 is 1.33 bits per heavy atom. The molecule has 116 valence electrons. The summed E-state index contributed by atoms with van der Waals surface area (Å²) in [7, 11) is -0.822. The third kappa shape index (κ3) is 3.72. The lowest BCUT2D eigenvalue weighted by Crippen LogP contribution is -2.40. The molecule has 1 amide bonds. The number of ether oxygens (including phenoxy) is 1. The molecule has 1 atom stereocenters. The van der Waals surface area contributed by atoms with Gasteiger partial charge in [-0.3, -0.25) is 4.79 Å². The number of aliphatic carboxylic acids is 1. The Hall–Kier alpha value is -2.09. The second-order valence-electron chi connectivity index (χ2n) is 4.56. The van der Waals surface area contributed by atoms with Crippen molar-refractivity contribution in [1.82, 2.24) is 4.90 Å². The Balaban J connectivity index is 3.33. The lowest BCUT2D eigenvalue weighted by atomic mass is 10.1. The Kier molecular flexibility index (Phi) is 4.95. The maximum atomic E-state index is 12.3. The smallest absolute Gasteiger partial charge is 0.326 e. The second-order valence-corrected chi connectivity index (χ2v) is 6.58. The van der Waals surface area contributed by atoms with Crippen molar-refractivity contribution in [2.45, 2.75) is 17.9 Å². The van der Waals surface area contributed by atoms with Crippen molar-refractivity contribution in [3.63, 3.8) is 0 Å². The van der Waals surface area contributed by atoms with E-state index < -0.39 is 27.8 Å². The predicted molar refractivity (Wildman–Crippen MR) is 75.3 cm³/mol. The summed E-state index contributed by atoms with van der Waals surface area (Å²) in [4.78, 5) is 24.2. The predicted octanol–water partition coefficient (Wildman–Crippen LogP) is 0.644. The van der Waals surface area contributed by atoms with Crippen LogP contribution in [0.5, 0.6) is 5.75 Å². The van der Waals surface area contributed by atoms with Crippen LogP contribution in [0, 0.1) is 0 Å². The molecule has 0 heterocycles. The van der Waals surface area contributed by atoms with Crippen molar-refractivity contribution in [2.75, 3.05) is 20.4 Å². The zero-order valence-electron chi connectivity index (χ0n) is 12.2. The van der Waals surface area contributed by atoms with E-state index in [2.05, 4.69) is 0 Å². The molecule has 0 fully saturated rings. The number of rotatable bonds is 5. The molecule has 0 saturated heterocycles. The van der Waals surface area contributed by atoms with Crippen LogP contribution in [0.3, 0.4) is 0 Å². The topological polar surface area (TPSA) is 101 Å². The van der Waals surface area contributed by atoms with Gasteiger partial charge in [-0.05, 0) is 25.1 Å². The average molecular weight is 315 g/mol. The number of amides is 1. The maximum Gasteiger partial charge on any atom is 0.326 e. The number of carboxylic acids is 1. The number of carbonyl (C=O) groups is 2. The number of methoxy groups -OCH3 is 1.